The van der Waals surface area contributed by atoms with Crippen molar-refractivity contribution in [3.63, 3.8) is 0 Å². The summed E-state index contributed by atoms with van der Waals surface area (Å²) >= 11 is 0. The first-order chi connectivity index (χ1) is 10.1. The molecule has 0 aliphatic carbocycles. The minimum absolute atomic E-state index is 0.0210. The van der Waals surface area contributed by atoms with Crippen molar-refractivity contribution in [2.24, 2.45) is 5.73 Å². The lowest BCUT2D eigenvalue weighted by atomic mass is 10.0. The molecule has 0 aromatic heterocycles. The van der Waals surface area contributed by atoms with Crippen LogP contribution in [-0.2, 0) is 6.42 Å². The van der Waals surface area contributed by atoms with Gasteiger partial charge in [0.05, 0.1) is 0 Å². The minimum Gasteiger partial charge on any atom is -0.373 e. The average Bonchev–Trinajstić information content (AvgIpc) is 3.00. The van der Waals surface area contributed by atoms with Crippen LogP contribution in [0.25, 0.3) is 0 Å². The number of hydrogen-bond donors (Lipinski definition) is 1. The Bertz CT molecular complexity index is 444. The van der Waals surface area contributed by atoms with E-state index >= 15 is 0 Å². The summed E-state index contributed by atoms with van der Waals surface area (Å²) in [6, 6.07) is 5.35. The lowest BCUT2D eigenvalue weighted by Gasteiger charge is -2.26. The predicted octanol–water partition coefficient (Wildman–Crippen LogP) is 2.64. The number of nitrogens with two attached hydrogens (primary N) is 1. The van der Waals surface area contributed by atoms with Crippen LogP contribution in [0.4, 0.5) is 10.1 Å². The second-order valence-electron chi connectivity index (χ2n) is 6.08. The molecule has 0 saturated carbocycles. The molecule has 0 bridgehead atoms. The van der Waals surface area contributed by atoms with E-state index in [-0.39, 0.29) is 11.9 Å². The van der Waals surface area contributed by atoms with E-state index in [9.17, 15) is 4.39 Å². The summed E-state index contributed by atoms with van der Waals surface area (Å²) < 4.78 is 14.2. The van der Waals surface area contributed by atoms with Crippen LogP contribution in [0.3, 0.4) is 0 Å². The van der Waals surface area contributed by atoms with Gasteiger partial charge >= 0.3 is 0 Å². The van der Waals surface area contributed by atoms with E-state index in [2.05, 4.69) is 9.80 Å². The van der Waals surface area contributed by atoms with Gasteiger partial charge in [-0.1, -0.05) is 13.0 Å². The van der Waals surface area contributed by atoms with Gasteiger partial charge in [-0.05, 0) is 50.9 Å². The number of likely N-dealkylation sites (tertiary alicyclic amines) is 1. The molecule has 1 aromatic rings. The third-order valence-corrected chi connectivity index (χ3v) is 4.45. The van der Waals surface area contributed by atoms with E-state index in [1.807, 2.05) is 20.0 Å². The van der Waals surface area contributed by atoms with Crippen LogP contribution in [0.2, 0.25) is 0 Å². The molecule has 1 atom stereocenters. The highest BCUT2D eigenvalue weighted by Gasteiger charge is 2.16. The summed E-state index contributed by atoms with van der Waals surface area (Å²) in [4.78, 5) is 4.65. The number of nitrogens with zero attached hydrogens (tertiary/aromatic N) is 2. The highest BCUT2D eigenvalue weighted by Crippen LogP contribution is 2.24. The van der Waals surface area contributed by atoms with Gasteiger partial charge in [-0.3, -0.25) is 0 Å². The molecule has 2 rings (SSSR count). The third kappa shape index (κ3) is 4.42. The van der Waals surface area contributed by atoms with E-state index in [0.29, 0.717) is 6.42 Å². The zero-order valence-electron chi connectivity index (χ0n) is 13.3. The van der Waals surface area contributed by atoms with Crippen LogP contribution < -0.4 is 10.6 Å². The van der Waals surface area contributed by atoms with Gasteiger partial charge in [-0.2, -0.15) is 0 Å². The molecule has 0 spiro atoms. The minimum atomic E-state index is -0.135. The summed E-state index contributed by atoms with van der Waals surface area (Å²) in [7, 11) is 2.05. The SMILES string of the molecule is CCC(N)Cc1c(F)cccc1N(C)CCN1CCCC1. The van der Waals surface area contributed by atoms with Crippen molar-refractivity contribution in [3.8, 4) is 0 Å². The molecule has 118 valence electrons. The lowest BCUT2D eigenvalue weighted by molar-refractivity contribution is 0.346. The van der Waals surface area contributed by atoms with Crippen LogP contribution in [0.5, 0.6) is 0 Å². The zero-order chi connectivity index (χ0) is 15.2. The van der Waals surface area contributed by atoms with E-state index in [4.69, 9.17) is 5.73 Å². The molecule has 3 nitrogen and oxygen atoms in total. The molecule has 0 amide bonds. The van der Waals surface area contributed by atoms with Crippen LogP contribution in [0.15, 0.2) is 18.2 Å². The standard InChI is InChI=1S/C17H28FN3/c1-3-14(19)13-15-16(18)7-6-8-17(15)20(2)11-12-21-9-4-5-10-21/h6-8,14H,3-5,9-13,19H2,1-2H3. The van der Waals surface area contributed by atoms with Crippen LogP contribution in [0.1, 0.15) is 31.7 Å². The highest BCUT2D eigenvalue weighted by atomic mass is 19.1. The molecular weight excluding hydrogens is 265 g/mol. The smallest absolute Gasteiger partial charge is 0.128 e. The largest absolute Gasteiger partial charge is 0.373 e. The van der Waals surface area contributed by atoms with Crippen LogP contribution in [0, 0.1) is 5.82 Å². The van der Waals surface area contributed by atoms with Gasteiger partial charge in [0.15, 0.2) is 0 Å². The number of anilines is 1. The maximum atomic E-state index is 14.2. The summed E-state index contributed by atoms with van der Waals surface area (Å²) in [5, 5.41) is 0. The number of rotatable bonds is 7. The van der Waals surface area contributed by atoms with Gasteiger partial charge in [0.25, 0.3) is 0 Å². The monoisotopic (exact) mass is 293 g/mol. The molecule has 1 aromatic carbocycles. The Balaban J connectivity index is 2.04. The average molecular weight is 293 g/mol. The van der Waals surface area contributed by atoms with Crippen LogP contribution in [-0.4, -0.2) is 44.2 Å². The van der Waals surface area contributed by atoms with Crippen molar-refractivity contribution in [1.82, 2.24) is 4.90 Å². The molecule has 0 radical (unpaired) electrons. The van der Waals surface area contributed by atoms with Gasteiger partial charge in [0.1, 0.15) is 5.82 Å². The third-order valence-electron chi connectivity index (χ3n) is 4.45. The topological polar surface area (TPSA) is 32.5 Å². The van der Waals surface area contributed by atoms with Crippen LogP contribution >= 0.6 is 0 Å². The Morgan fingerprint density at radius 3 is 2.71 bits per heavy atom. The maximum absolute atomic E-state index is 14.2. The Morgan fingerprint density at radius 1 is 1.33 bits per heavy atom. The molecular formula is C17H28FN3. The second-order valence-corrected chi connectivity index (χ2v) is 6.08. The summed E-state index contributed by atoms with van der Waals surface area (Å²) in [5.41, 5.74) is 7.77. The van der Waals surface area contributed by atoms with Crippen molar-refractivity contribution >= 4 is 5.69 Å². The number of likely N-dealkylation sites (N-methyl/N-ethyl adjacent to an activating group) is 1. The zero-order valence-corrected chi connectivity index (χ0v) is 13.3. The molecule has 1 aliphatic heterocycles. The van der Waals surface area contributed by atoms with Crippen molar-refractivity contribution in [2.45, 2.75) is 38.6 Å². The van der Waals surface area contributed by atoms with Crippen molar-refractivity contribution in [3.05, 3.63) is 29.6 Å². The number of benzene rings is 1. The number of hydrogen-bond acceptors (Lipinski definition) is 3. The predicted molar refractivity (Wildman–Crippen MR) is 87.3 cm³/mol. The van der Waals surface area contributed by atoms with Crippen molar-refractivity contribution in [2.75, 3.05) is 38.1 Å². The summed E-state index contributed by atoms with van der Waals surface area (Å²) in [6.45, 7) is 6.42. The van der Waals surface area contributed by atoms with Gasteiger partial charge in [0, 0.05) is 37.4 Å². The summed E-state index contributed by atoms with van der Waals surface area (Å²) in [6.07, 6.45) is 4.08. The molecule has 1 saturated heterocycles. The fraction of sp³-hybridized carbons (Fsp3) is 0.647. The van der Waals surface area contributed by atoms with Gasteiger partial charge < -0.3 is 15.5 Å². The molecule has 1 fully saturated rings. The first kappa shape index (κ1) is 16.2. The molecule has 2 N–H and O–H groups in total. The Morgan fingerprint density at radius 2 is 2.05 bits per heavy atom. The first-order valence-electron chi connectivity index (χ1n) is 8.08. The Labute approximate surface area is 127 Å². The molecule has 1 aliphatic rings. The van der Waals surface area contributed by atoms with Crippen molar-refractivity contribution in [1.29, 1.82) is 0 Å². The number of halogens is 1. The lowest BCUT2D eigenvalue weighted by Crippen LogP contribution is -2.32. The normalized spacial score (nSPS) is 17.1. The van der Waals surface area contributed by atoms with E-state index in [1.54, 1.807) is 6.07 Å². The molecule has 1 heterocycles. The second kappa shape index (κ2) is 7.76. The Kier molecular flexibility index (Phi) is 6.00. The fourth-order valence-corrected chi connectivity index (χ4v) is 2.93. The quantitative estimate of drug-likeness (QED) is 0.839. The Hall–Kier alpha value is -1.13. The fourth-order valence-electron chi connectivity index (χ4n) is 2.93. The molecule has 21 heavy (non-hydrogen) atoms. The van der Waals surface area contributed by atoms with Gasteiger partial charge in [-0.25, -0.2) is 4.39 Å². The van der Waals surface area contributed by atoms with E-state index in [1.165, 1.54) is 32.0 Å². The maximum Gasteiger partial charge on any atom is 0.128 e. The molecule has 1 unspecified atom stereocenters. The highest BCUT2D eigenvalue weighted by molar-refractivity contribution is 5.54. The summed E-state index contributed by atoms with van der Waals surface area (Å²) in [5.74, 6) is -0.135. The van der Waals surface area contributed by atoms with E-state index < -0.39 is 0 Å². The van der Waals surface area contributed by atoms with Gasteiger partial charge in [-0.15, -0.1) is 0 Å². The first-order valence-corrected chi connectivity index (χ1v) is 8.08. The van der Waals surface area contributed by atoms with E-state index in [0.717, 1.165) is 30.8 Å². The van der Waals surface area contributed by atoms with Gasteiger partial charge in [0.2, 0.25) is 0 Å². The van der Waals surface area contributed by atoms with Crippen molar-refractivity contribution < 1.29 is 4.39 Å². The molecule has 4 heteroatoms.